The first-order valence-electron chi connectivity index (χ1n) is 8.34. The molecule has 2 amide bonds. The summed E-state index contributed by atoms with van der Waals surface area (Å²) in [5, 5.41) is 2.71. The molecule has 1 atom stereocenters. The molecular formula is C20H20N2O4. The van der Waals surface area contributed by atoms with Gasteiger partial charge in [0.1, 0.15) is 17.4 Å². The van der Waals surface area contributed by atoms with Crippen LogP contribution in [0, 0.1) is 12.8 Å². The van der Waals surface area contributed by atoms with Gasteiger partial charge in [-0.1, -0.05) is 24.3 Å². The summed E-state index contributed by atoms with van der Waals surface area (Å²) >= 11 is 0. The molecule has 1 saturated heterocycles. The molecule has 26 heavy (non-hydrogen) atoms. The van der Waals surface area contributed by atoms with E-state index in [0.29, 0.717) is 5.75 Å². The number of benzene rings is 2. The van der Waals surface area contributed by atoms with Gasteiger partial charge in [0.25, 0.3) is 5.91 Å². The molecule has 0 bridgehead atoms. The van der Waals surface area contributed by atoms with Crippen molar-refractivity contribution in [2.45, 2.75) is 13.5 Å². The van der Waals surface area contributed by atoms with Gasteiger partial charge in [-0.25, -0.2) is 0 Å². The van der Waals surface area contributed by atoms with Crippen molar-refractivity contribution in [2.75, 3.05) is 13.6 Å². The third-order valence-corrected chi connectivity index (χ3v) is 4.26. The molecule has 1 fully saturated rings. The van der Waals surface area contributed by atoms with Crippen molar-refractivity contribution in [3.63, 3.8) is 0 Å². The maximum Gasteiger partial charge on any atom is 0.290 e. The minimum absolute atomic E-state index is 0.132. The predicted octanol–water partition coefficient (Wildman–Crippen LogP) is 2.06. The fourth-order valence-electron chi connectivity index (χ4n) is 2.78. The van der Waals surface area contributed by atoms with Crippen molar-refractivity contribution in [1.82, 2.24) is 10.2 Å². The minimum atomic E-state index is -0.920. The quantitative estimate of drug-likeness (QED) is 0.660. The molecule has 1 unspecified atom stereocenters. The van der Waals surface area contributed by atoms with Crippen LogP contribution in [0.25, 0.3) is 0 Å². The van der Waals surface area contributed by atoms with Crippen LogP contribution < -0.4 is 10.1 Å². The molecule has 2 aromatic carbocycles. The van der Waals surface area contributed by atoms with Crippen molar-refractivity contribution in [3.05, 3.63) is 59.7 Å². The number of hydrogen-bond acceptors (Lipinski definition) is 4. The highest BCUT2D eigenvalue weighted by Gasteiger charge is 2.41. The number of carbonyl (C=O) groups excluding carboxylic acids is 3. The number of Topliss-reactive ketones (excluding diaryl/α,β-unsaturated/α-hetero) is 1. The monoisotopic (exact) mass is 352 g/mol. The molecule has 134 valence electrons. The third kappa shape index (κ3) is 3.91. The number of likely N-dealkylation sites (tertiary alicyclic amines) is 1. The zero-order valence-electron chi connectivity index (χ0n) is 14.7. The summed E-state index contributed by atoms with van der Waals surface area (Å²) in [5.41, 5.74) is 1.99. The van der Waals surface area contributed by atoms with E-state index in [0.717, 1.165) is 16.9 Å². The van der Waals surface area contributed by atoms with E-state index in [2.05, 4.69) is 5.32 Å². The minimum Gasteiger partial charge on any atom is -0.457 e. The maximum absolute atomic E-state index is 12.1. The van der Waals surface area contributed by atoms with E-state index in [1.54, 1.807) is 0 Å². The number of rotatable bonds is 5. The molecule has 0 aliphatic carbocycles. The average Bonchev–Trinajstić information content (AvgIpc) is 2.88. The summed E-state index contributed by atoms with van der Waals surface area (Å²) in [6.45, 7) is 2.41. The SMILES string of the molecule is Cc1cccc(Oc2ccc(CNC(=O)C3CN(C)C(=O)C3=O)cc2)c1. The Morgan fingerprint density at radius 3 is 2.50 bits per heavy atom. The molecule has 2 aromatic rings. The molecule has 0 saturated carbocycles. The Morgan fingerprint density at radius 2 is 1.88 bits per heavy atom. The Morgan fingerprint density at radius 1 is 1.15 bits per heavy atom. The van der Waals surface area contributed by atoms with Crippen molar-refractivity contribution in [2.24, 2.45) is 5.92 Å². The zero-order chi connectivity index (χ0) is 18.7. The van der Waals surface area contributed by atoms with Crippen molar-refractivity contribution in [3.8, 4) is 11.5 Å². The second-order valence-corrected chi connectivity index (χ2v) is 6.38. The lowest BCUT2D eigenvalue weighted by atomic mass is 10.1. The number of ketones is 1. The van der Waals surface area contributed by atoms with Gasteiger partial charge in [-0.3, -0.25) is 14.4 Å². The third-order valence-electron chi connectivity index (χ3n) is 4.26. The van der Waals surface area contributed by atoms with Crippen LogP contribution in [-0.4, -0.2) is 36.1 Å². The van der Waals surface area contributed by atoms with Crippen LogP contribution >= 0.6 is 0 Å². The number of hydrogen-bond donors (Lipinski definition) is 1. The highest BCUT2D eigenvalue weighted by Crippen LogP contribution is 2.22. The van der Waals surface area contributed by atoms with Crippen LogP contribution in [0.3, 0.4) is 0 Å². The molecule has 1 heterocycles. The van der Waals surface area contributed by atoms with Gasteiger partial charge in [-0.2, -0.15) is 0 Å². The van der Waals surface area contributed by atoms with Gasteiger partial charge in [0.05, 0.1) is 0 Å². The second kappa shape index (κ2) is 7.39. The van der Waals surface area contributed by atoms with E-state index in [1.165, 1.54) is 11.9 Å². The number of carbonyl (C=O) groups is 3. The van der Waals surface area contributed by atoms with Crippen LogP contribution in [0.4, 0.5) is 0 Å². The molecule has 3 rings (SSSR count). The first-order valence-corrected chi connectivity index (χ1v) is 8.34. The average molecular weight is 352 g/mol. The summed E-state index contributed by atoms with van der Waals surface area (Å²) in [6, 6.07) is 15.1. The molecular weight excluding hydrogens is 332 g/mol. The lowest BCUT2D eigenvalue weighted by Gasteiger charge is -2.11. The Balaban J connectivity index is 1.55. The normalized spacial score (nSPS) is 16.7. The highest BCUT2D eigenvalue weighted by atomic mass is 16.5. The van der Waals surface area contributed by atoms with Crippen LogP contribution in [-0.2, 0) is 20.9 Å². The lowest BCUT2D eigenvalue weighted by molar-refractivity contribution is -0.142. The molecule has 6 heteroatoms. The van der Waals surface area contributed by atoms with Gasteiger partial charge in [0, 0.05) is 20.1 Å². The van der Waals surface area contributed by atoms with Crippen molar-refractivity contribution >= 4 is 17.6 Å². The Labute approximate surface area is 151 Å². The number of aryl methyl sites for hydroxylation is 1. The van der Waals surface area contributed by atoms with Gasteiger partial charge in [-0.05, 0) is 42.3 Å². The summed E-state index contributed by atoms with van der Waals surface area (Å²) < 4.78 is 5.78. The van der Waals surface area contributed by atoms with E-state index in [1.807, 2.05) is 55.5 Å². The second-order valence-electron chi connectivity index (χ2n) is 6.38. The molecule has 1 N–H and O–H groups in total. The standard InChI is InChI=1S/C20H20N2O4/c1-13-4-3-5-16(10-13)26-15-8-6-14(7-9-15)11-21-19(24)17-12-22(2)20(25)18(17)23/h3-10,17H,11-12H2,1-2H3,(H,21,24). The smallest absolute Gasteiger partial charge is 0.290 e. The number of nitrogens with zero attached hydrogens (tertiary/aromatic N) is 1. The first kappa shape index (κ1) is 17.7. The van der Waals surface area contributed by atoms with E-state index < -0.39 is 23.5 Å². The summed E-state index contributed by atoms with van der Waals surface area (Å²) in [4.78, 5) is 36.6. The van der Waals surface area contributed by atoms with E-state index in [4.69, 9.17) is 4.74 Å². The number of nitrogens with one attached hydrogen (secondary N) is 1. The number of amides is 2. The number of likely N-dealkylation sites (N-methyl/N-ethyl adjacent to an activating group) is 1. The predicted molar refractivity (Wildman–Crippen MR) is 95.7 cm³/mol. The summed E-state index contributed by atoms with van der Waals surface area (Å²) in [6.07, 6.45) is 0. The number of ether oxygens (including phenoxy) is 1. The Kier molecular flexibility index (Phi) is 5.02. The van der Waals surface area contributed by atoms with Gasteiger partial charge >= 0.3 is 0 Å². The van der Waals surface area contributed by atoms with Crippen LogP contribution in [0.1, 0.15) is 11.1 Å². The fourth-order valence-corrected chi connectivity index (χ4v) is 2.78. The maximum atomic E-state index is 12.1. The summed E-state index contributed by atoms with van der Waals surface area (Å²) in [7, 11) is 1.51. The van der Waals surface area contributed by atoms with Crippen molar-refractivity contribution < 1.29 is 19.1 Å². The largest absolute Gasteiger partial charge is 0.457 e. The molecule has 6 nitrogen and oxygen atoms in total. The Bertz CT molecular complexity index is 845. The van der Waals surface area contributed by atoms with Gasteiger partial charge in [-0.15, -0.1) is 0 Å². The van der Waals surface area contributed by atoms with Gasteiger partial charge < -0.3 is 15.0 Å². The molecule has 0 radical (unpaired) electrons. The molecule has 0 spiro atoms. The Hall–Kier alpha value is -3.15. The lowest BCUT2D eigenvalue weighted by Crippen LogP contribution is -2.35. The first-order chi connectivity index (χ1) is 12.4. The van der Waals surface area contributed by atoms with Crippen LogP contribution in [0.2, 0.25) is 0 Å². The molecule has 0 aromatic heterocycles. The molecule has 1 aliphatic rings. The van der Waals surface area contributed by atoms with E-state index in [9.17, 15) is 14.4 Å². The fraction of sp³-hybridized carbons (Fsp3) is 0.250. The van der Waals surface area contributed by atoms with E-state index in [-0.39, 0.29) is 13.1 Å². The topological polar surface area (TPSA) is 75.7 Å². The summed E-state index contributed by atoms with van der Waals surface area (Å²) in [5.74, 6) is -1.14. The molecule has 1 aliphatic heterocycles. The van der Waals surface area contributed by atoms with Crippen molar-refractivity contribution in [1.29, 1.82) is 0 Å². The highest BCUT2D eigenvalue weighted by molar-refractivity contribution is 6.42. The van der Waals surface area contributed by atoms with Crippen LogP contribution in [0.5, 0.6) is 11.5 Å². The van der Waals surface area contributed by atoms with Gasteiger partial charge in [0.2, 0.25) is 11.7 Å². The van der Waals surface area contributed by atoms with Gasteiger partial charge in [0.15, 0.2) is 0 Å². The van der Waals surface area contributed by atoms with E-state index >= 15 is 0 Å². The zero-order valence-corrected chi connectivity index (χ0v) is 14.7. The van der Waals surface area contributed by atoms with Crippen LogP contribution in [0.15, 0.2) is 48.5 Å².